The van der Waals surface area contributed by atoms with Gasteiger partial charge in [-0.15, -0.1) is 0 Å². The zero-order valence-electron chi connectivity index (χ0n) is 10.7. The second-order valence-corrected chi connectivity index (χ2v) is 4.99. The Hall–Kier alpha value is -2.16. The van der Waals surface area contributed by atoms with Gasteiger partial charge in [-0.1, -0.05) is 36.8 Å². The highest BCUT2D eigenvalue weighted by molar-refractivity contribution is 5.99. The Bertz CT molecular complexity index is 562. The number of nitrogens with one attached hydrogen (secondary N) is 1. The number of nitrogens with zero attached hydrogens (tertiary/aromatic N) is 1. The van der Waals surface area contributed by atoms with Crippen LogP contribution in [0.5, 0.6) is 0 Å². The number of carbonyl (C=O) groups is 1. The van der Waals surface area contributed by atoms with Crippen LogP contribution in [-0.4, -0.2) is 10.9 Å². The first-order valence-electron chi connectivity index (χ1n) is 6.58. The fourth-order valence-electron chi connectivity index (χ4n) is 2.62. The van der Waals surface area contributed by atoms with Gasteiger partial charge >= 0.3 is 0 Å². The molecule has 0 bridgehead atoms. The zero-order chi connectivity index (χ0) is 13.1. The molecule has 1 aliphatic rings. The lowest BCUT2D eigenvalue weighted by Gasteiger charge is -2.40. The molecule has 0 aliphatic heterocycles. The van der Waals surface area contributed by atoms with Crippen LogP contribution in [0.4, 0.5) is 5.69 Å². The molecular formula is C16H16N2O. The van der Waals surface area contributed by atoms with E-state index in [1.54, 1.807) is 12.4 Å². The quantitative estimate of drug-likeness (QED) is 0.911. The Balaban J connectivity index is 1.85. The average molecular weight is 252 g/mol. The Morgan fingerprint density at radius 1 is 1.05 bits per heavy atom. The van der Waals surface area contributed by atoms with E-state index in [2.05, 4.69) is 10.3 Å². The summed E-state index contributed by atoms with van der Waals surface area (Å²) < 4.78 is 0. The summed E-state index contributed by atoms with van der Waals surface area (Å²) in [6.45, 7) is 0. The van der Waals surface area contributed by atoms with Crippen LogP contribution in [-0.2, 0) is 10.2 Å². The normalized spacial score (nSPS) is 16.4. The predicted octanol–water partition coefficient (Wildman–Crippen LogP) is 3.14. The van der Waals surface area contributed by atoms with E-state index in [9.17, 15) is 4.79 Å². The molecule has 3 rings (SSSR count). The smallest absolute Gasteiger partial charge is 0.235 e. The maximum absolute atomic E-state index is 12.6. The van der Waals surface area contributed by atoms with Crippen molar-refractivity contribution in [2.24, 2.45) is 0 Å². The fraction of sp³-hybridized carbons (Fsp3) is 0.250. The number of hydrogen-bond donors (Lipinski definition) is 1. The van der Waals surface area contributed by atoms with E-state index in [-0.39, 0.29) is 11.3 Å². The van der Waals surface area contributed by atoms with Gasteiger partial charge in [-0.3, -0.25) is 9.78 Å². The van der Waals surface area contributed by atoms with E-state index in [4.69, 9.17) is 0 Å². The fourth-order valence-corrected chi connectivity index (χ4v) is 2.62. The lowest BCUT2D eigenvalue weighted by Crippen LogP contribution is -2.45. The summed E-state index contributed by atoms with van der Waals surface area (Å²) in [5, 5.41) is 3.00. The molecule has 1 heterocycles. The van der Waals surface area contributed by atoms with Crippen LogP contribution in [0, 0.1) is 0 Å². The summed E-state index contributed by atoms with van der Waals surface area (Å²) in [6, 6.07) is 13.7. The van der Waals surface area contributed by atoms with Crippen LogP contribution in [0.15, 0.2) is 54.9 Å². The SMILES string of the molecule is O=C(Nc1ccncc1)C1(c2ccccc2)CCC1. The van der Waals surface area contributed by atoms with E-state index in [0.29, 0.717) is 0 Å². The van der Waals surface area contributed by atoms with Gasteiger partial charge in [0.25, 0.3) is 0 Å². The molecule has 1 fully saturated rings. The molecule has 1 N–H and O–H groups in total. The number of rotatable bonds is 3. The summed E-state index contributed by atoms with van der Waals surface area (Å²) in [5.74, 6) is 0.0937. The minimum atomic E-state index is -0.343. The van der Waals surface area contributed by atoms with E-state index in [0.717, 1.165) is 30.5 Å². The summed E-state index contributed by atoms with van der Waals surface area (Å²) in [4.78, 5) is 16.5. The minimum absolute atomic E-state index is 0.0937. The maximum Gasteiger partial charge on any atom is 0.235 e. The van der Waals surface area contributed by atoms with E-state index in [1.807, 2.05) is 42.5 Å². The van der Waals surface area contributed by atoms with Gasteiger partial charge in [0.15, 0.2) is 0 Å². The van der Waals surface area contributed by atoms with Crippen molar-refractivity contribution in [3.8, 4) is 0 Å². The van der Waals surface area contributed by atoms with Crippen LogP contribution < -0.4 is 5.32 Å². The van der Waals surface area contributed by atoms with Gasteiger partial charge in [0.05, 0.1) is 5.41 Å². The zero-order valence-corrected chi connectivity index (χ0v) is 10.7. The Morgan fingerprint density at radius 2 is 1.74 bits per heavy atom. The summed E-state index contributed by atoms with van der Waals surface area (Å²) >= 11 is 0. The van der Waals surface area contributed by atoms with Crippen molar-refractivity contribution in [2.75, 3.05) is 5.32 Å². The van der Waals surface area contributed by atoms with Crippen molar-refractivity contribution in [1.82, 2.24) is 4.98 Å². The number of carbonyl (C=O) groups excluding carboxylic acids is 1. The third-order valence-electron chi connectivity index (χ3n) is 3.91. The van der Waals surface area contributed by atoms with Crippen LogP contribution in [0.1, 0.15) is 24.8 Å². The van der Waals surface area contributed by atoms with Crippen LogP contribution in [0.2, 0.25) is 0 Å². The van der Waals surface area contributed by atoms with Crippen molar-refractivity contribution in [3.05, 3.63) is 60.4 Å². The topological polar surface area (TPSA) is 42.0 Å². The monoisotopic (exact) mass is 252 g/mol. The number of hydrogen-bond acceptors (Lipinski definition) is 2. The first-order chi connectivity index (χ1) is 9.31. The average Bonchev–Trinajstić information content (AvgIpc) is 2.40. The van der Waals surface area contributed by atoms with Gasteiger partial charge in [-0.25, -0.2) is 0 Å². The molecule has 1 aliphatic carbocycles. The molecule has 1 aromatic carbocycles. The van der Waals surface area contributed by atoms with Crippen molar-refractivity contribution >= 4 is 11.6 Å². The molecule has 19 heavy (non-hydrogen) atoms. The van der Waals surface area contributed by atoms with Crippen molar-refractivity contribution < 1.29 is 4.79 Å². The third kappa shape index (κ3) is 2.12. The molecule has 2 aromatic rings. The highest BCUT2D eigenvalue weighted by Gasteiger charge is 2.45. The lowest BCUT2D eigenvalue weighted by molar-refractivity contribution is -0.124. The first kappa shape index (κ1) is 11.9. The second-order valence-electron chi connectivity index (χ2n) is 4.99. The number of amides is 1. The van der Waals surface area contributed by atoms with Gasteiger partial charge in [0, 0.05) is 18.1 Å². The molecule has 0 atom stereocenters. The molecular weight excluding hydrogens is 236 g/mol. The van der Waals surface area contributed by atoms with Crippen molar-refractivity contribution in [3.63, 3.8) is 0 Å². The summed E-state index contributed by atoms with van der Waals surface area (Å²) in [7, 11) is 0. The number of benzene rings is 1. The highest BCUT2D eigenvalue weighted by Crippen LogP contribution is 2.44. The summed E-state index contributed by atoms with van der Waals surface area (Å²) in [5.41, 5.74) is 1.58. The minimum Gasteiger partial charge on any atom is -0.325 e. The van der Waals surface area contributed by atoms with Gasteiger partial charge in [0.1, 0.15) is 0 Å². The lowest BCUT2D eigenvalue weighted by atomic mass is 9.64. The van der Waals surface area contributed by atoms with Crippen LogP contribution in [0.25, 0.3) is 0 Å². The van der Waals surface area contributed by atoms with Gasteiger partial charge in [-0.2, -0.15) is 0 Å². The standard InChI is InChI=1S/C16H16N2O/c19-15(18-14-7-11-17-12-8-14)16(9-4-10-16)13-5-2-1-3-6-13/h1-3,5-8,11-12H,4,9-10H2,(H,17,18,19). The number of aromatic nitrogens is 1. The summed E-state index contributed by atoms with van der Waals surface area (Å²) in [6.07, 6.45) is 6.33. The van der Waals surface area contributed by atoms with Crippen molar-refractivity contribution in [2.45, 2.75) is 24.7 Å². The van der Waals surface area contributed by atoms with E-state index < -0.39 is 0 Å². The highest BCUT2D eigenvalue weighted by atomic mass is 16.2. The number of pyridine rings is 1. The molecule has 0 saturated heterocycles. The molecule has 1 aromatic heterocycles. The molecule has 1 saturated carbocycles. The van der Waals surface area contributed by atoms with Crippen LogP contribution in [0.3, 0.4) is 0 Å². The Kier molecular flexibility index (Phi) is 3.03. The molecule has 1 amide bonds. The first-order valence-corrected chi connectivity index (χ1v) is 6.58. The van der Waals surface area contributed by atoms with E-state index >= 15 is 0 Å². The molecule has 3 nitrogen and oxygen atoms in total. The Labute approximate surface area is 112 Å². The van der Waals surface area contributed by atoms with Gasteiger partial charge < -0.3 is 5.32 Å². The molecule has 0 unspecified atom stereocenters. The van der Waals surface area contributed by atoms with Gasteiger partial charge in [0.2, 0.25) is 5.91 Å². The van der Waals surface area contributed by atoms with Gasteiger partial charge in [-0.05, 0) is 30.5 Å². The molecule has 96 valence electrons. The molecule has 0 spiro atoms. The Morgan fingerprint density at radius 3 is 2.32 bits per heavy atom. The van der Waals surface area contributed by atoms with E-state index in [1.165, 1.54) is 0 Å². The number of anilines is 1. The second kappa shape index (κ2) is 4.84. The maximum atomic E-state index is 12.6. The molecule has 0 radical (unpaired) electrons. The largest absolute Gasteiger partial charge is 0.325 e. The molecule has 3 heteroatoms. The van der Waals surface area contributed by atoms with Crippen molar-refractivity contribution in [1.29, 1.82) is 0 Å². The van der Waals surface area contributed by atoms with Crippen LogP contribution >= 0.6 is 0 Å². The third-order valence-corrected chi connectivity index (χ3v) is 3.91. The predicted molar refractivity (Wildman–Crippen MR) is 74.8 cm³/mol.